The van der Waals surface area contributed by atoms with Crippen LogP contribution < -0.4 is 11.2 Å². The average Bonchev–Trinajstić information content (AvgIpc) is 2.64. The van der Waals surface area contributed by atoms with E-state index in [1.165, 1.54) is 18.2 Å². The summed E-state index contributed by atoms with van der Waals surface area (Å²) in [6.45, 7) is 3.78. The van der Waals surface area contributed by atoms with Gasteiger partial charge in [0.1, 0.15) is 5.56 Å². The zero-order chi connectivity index (χ0) is 20.4. The third-order valence-electron chi connectivity index (χ3n) is 4.31. The number of carboxylic acid groups (broad SMARTS) is 1. The van der Waals surface area contributed by atoms with Crippen molar-refractivity contribution in [2.45, 2.75) is 13.8 Å². The van der Waals surface area contributed by atoms with Gasteiger partial charge in [-0.1, -0.05) is 12.1 Å². The quantitative estimate of drug-likeness (QED) is 0.600. The van der Waals surface area contributed by atoms with Crippen LogP contribution in [0.3, 0.4) is 0 Å². The van der Waals surface area contributed by atoms with Gasteiger partial charge in [-0.15, -0.1) is 0 Å². The van der Waals surface area contributed by atoms with Crippen molar-refractivity contribution in [1.29, 1.82) is 0 Å². The topological polar surface area (TPSA) is 125 Å². The number of rotatable bonds is 4. The Morgan fingerprint density at radius 3 is 2.54 bits per heavy atom. The van der Waals surface area contributed by atoms with Crippen LogP contribution in [-0.4, -0.2) is 31.9 Å². The fourth-order valence-electron chi connectivity index (χ4n) is 2.62. The number of carbonyl (C=O) groups is 1. The van der Waals surface area contributed by atoms with E-state index in [-0.39, 0.29) is 16.8 Å². The predicted octanol–water partition coefficient (Wildman–Crippen LogP) is 2.30. The maximum atomic E-state index is 12.2. The number of nitrogens with one attached hydrogen (secondary N) is 1. The molecule has 1 heterocycles. The molecule has 0 aliphatic heterocycles. The molecule has 0 atom stereocenters. The molecule has 0 saturated carbocycles. The Kier molecular flexibility index (Phi) is 4.95. The number of carboxylic acids is 1. The lowest BCUT2D eigenvalue weighted by molar-refractivity contribution is 0.0697. The number of hydrogen-bond donors (Lipinski definition) is 3. The Bertz CT molecular complexity index is 1220. The molecule has 3 aromatic rings. The molecular formula is C20H17N3O5. The molecule has 0 fully saturated rings. The van der Waals surface area contributed by atoms with Gasteiger partial charge in [0, 0.05) is 6.21 Å². The minimum atomic E-state index is -1.11. The molecule has 1 aromatic heterocycles. The van der Waals surface area contributed by atoms with Gasteiger partial charge in [-0.25, -0.2) is 14.2 Å². The summed E-state index contributed by atoms with van der Waals surface area (Å²) in [5.74, 6) is -1.67. The Hall–Kier alpha value is -3.94. The Morgan fingerprint density at radius 1 is 1.11 bits per heavy atom. The normalized spacial score (nSPS) is 11.1. The number of aryl methyl sites for hydroxylation is 2. The Balaban J connectivity index is 2.11. The number of H-pyrrole nitrogens is 1. The summed E-state index contributed by atoms with van der Waals surface area (Å²) in [4.78, 5) is 41.6. The molecule has 0 unspecified atom stereocenters. The lowest BCUT2D eigenvalue weighted by Crippen LogP contribution is -2.31. The highest BCUT2D eigenvalue weighted by atomic mass is 16.4. The SMILES string of the molecule is Cc1ccc(-n2c(O)c(C=Nc3cccc(C(=O)O)c3)c(=O)[nH]c2=O)cc1C. The highest BCUT2D eigenvalue weighted by molar-refractivity contribution is 5.89. The fourth-order valence-corrected chi connectivity index (χ4v) is 2.62. The molecule has 2 aromatic carbocycles. The second-order valence-corrected chi connectivity index (χ2v) is 6.21. The van der Waals surface area contributed by atoms with Crippen LogP contribution >= 0.6 is 0 Å². The number of aromatic hydroxyl groups is 1. The van der Waals surface area contributed by atoms with Crippen molar-refractivity contribution in [3.05, 3.63) is 85.6 Å². The van der Waals surface area contributed by atoms with E-state index in [0.717, 1.165) is 21.9 Å². The van der Waals surface area contributed by atoms with Crippen LogP contribution in [0.1, 0.15) is 27.0 Å². The molecule has 3 N–H and O–H groups in total. The van der Waals surface area contributed by atoms with E-state index in [9.17, 15) is 19.5 Å². The number of hydrogen-bond acceptors (Lipinski definition) is 5. The lowest BCUT2D eigenvalue weighted by Gasteiger charge is -2.11. The molecule has 0 aliphatic carbocycles. The summed E-state index contributed by atoms with van der Waals surface area (Å²) in [5.41, 5.74) is 0.825. The maximum Gasteiger partial charge on any atom is 0.335 e. The largest absolute Gasteiger partial charge is 0.493 e. The van der Waals surface area contributed by atoms with Crippen LogP contribution in [0.15, 0.2) is 57.0 Å². The van der Waals surface area contributed by atoms with Gasteiger partial charge >= 0.3 is 11.7 Å². The molecule has 28 heavy (non-hydrogen) atoms. The number of aromatic carboxylic acids is 1. The van der Waals surface area contributed by atoms with Gasteiger partial charge in [0.2, 0.25) is 5.88 Å². The minimum absolute atomic E-state index is 0.0351. The highest BCUT2D eigenvalue weighted by Gasteiger charge is 2.14. The second kappa shape index (κ2) is 7.36. The smallest absolute Gasteiger partial charge is 0.335 e. The van der Waals surface area contributed by atoms with Crippen molar-refractivity contribution >= 4 is 17.9 Å². The van der Waals surface area contributed by atoms with Gasteiger partial charge in [0.25, 0.3) is 5.56 Å². The van der Waals surface area contributed by atoms with Crippen LogP contribution in [0, 0.1) is 13.8 Å². The average molecular weight is 379 g/mol. The monoisotopic (exact) mass is 379 g/mol. The van der Waals surface area contributed by atoms with Gasteiger partial charge < -0.3 is 10.2 Å². The van der Waals surface area contributed by atoms with Crippen molar-refractivity contribution < 1.29 is 15.0 Å². The highest BCUT2D eigenvalue weighted by Crippen LogP contribution is 2.19. The van der Waals surface area contributed by atoms with Gasteiger partial charge in [-0.3, -0.25) is 14.8 Å². The van der Waals surface area contributed by atoms with E-state index in [1.807, 2.05) is 13.8 Å². The zero-order valence-electron chi connectivity index (χ0n) is 15.1. The third kappa shape index (κ3) is 3.61. The molecule has 0 aliphatic rings. The third-order valence-corrected chi connectivity index (χ3v) is 4.31. The van der Waals surface area contributed by atoms with Crippen LogP contribution in [0.5, 0.6) is 5.88 Å². The molecule has 0 amide bonds. The lowest BCUT2D eigenvalue weighted by atomic mass is 10.1. The zero-order valence-corrected chi connectivity index (χ0v) is 15.1. The van der Waals surface area contributed by atoms with Crippen LogP contribution in [0.4, 0.5) is 5.69 Å². The fraction of sp³-hybridized carbons (Fsp3) is 0.100. The van der Waals surface area contributed by atoms with Crippen molar-refractivity contribution in [2.24, 2.45) is 4.99 Å². The molecule has 142 valence electrons. The van der Waals surface area contributed by atoms with E-state index in [2.05, 4.69) is 9.98 Å². The van der Waals surface area contributed by atoms with E-state index in [0.29, 0.717) is 5.69 Å². The van der Waals surface area contributed by atoms with E-state index < -0.39 is 23.1 Å². The number of nitrogens with zero attached hydrogens (tertiary/aromatic N) is 2. The molecule has 0 radical (unpaired) electrons. The van der Waals surface area contributed by atoms with Gasteiger partial charge in [-0.2, -0.15) is 0 Å². The standard InChI is InChI=1S/C20H17N3O5/c1-11-6-7-15(8-12(11)2)23-18(25)16(17(24)22-20(23)28)10-21-14-5-3-4-13(9-14)19(26)27/h3-10,25H,1-2H3,(H,26,27)(H,22,24,28). The first-order valence-electron chi connectivity index (χ1n) is 8.31. The second-order valence-electron chi connectivity index (χ2n) is 6.21. The van der Waals surface area contributed by atoms with Crippen molar-refractivity contribution in [3.8, 4) is 11.6 Å². The van der Waals surface area contributed by atoms with Crippen LogP contribution in [-0.2, 0) is 0 Å². The molecule has 0 bridgehead atoms. The Morgan fingerprint density at radius 2 is 1.86 bits per heavy atom. The molecule has 0 saturated heterocycles. The molecular weight excluding hydrogens is 362 g/mol. The summed E-state index contributed by atoms with van der Waals surface area (Å²) < 4.78 is 0.975. The van der Waals surface area contributed by atoms with Gasteiger partial charge in [0.05, 0.1) is 16.9 Å². The van der Waals surface area contributed by atoms with Crippen molar-refractivity contribution in [1.82, 2.24) is 9.55 Å². The van der Waals surface area contributed by atoms with Gasteiger partial charge in [-0.05, 0) is 55.3 Å². The number of aromatic amines is 1. The number of aromatic nitrogens is 2. The van der Waals surface area contributed by atoms with Crippen molar-refractivity contribution in [2.75, 3.05) is 0 Å². The first kappa shape index (κ1) is 18.8. The van der Waals surface area contributed by atoms with E-state index in [4.69, 9.17) is 5.11 Å². The van der Waals surface area contributed by atoms with Crippen LogP contribution in [0.2, 0.25) is 0 Å². The molecule has 8 heteroatoms. The minimum Gasteiger partial charge on any atom is -0.493 e. The van der Waals surface area contributed by atoms with E-state index in [1.54, 1.807) is 24.3 Å². The summed E-state index contributed by atoms with van der Waals surface area (Å²) >= 11 is 0. The first-order valence-corrected chi connectivity index (χ1v) is 8.31. The number of benzene rings is 2. The predicted molar refractivity (Wildman–Crippen MR) is 104 cm³/mol. The van der Waals surface area contributed by atoms with Gasteiger partial charge in [0.15, 0.2) is 0 Å². The summed E-state index contributed by atoms with van der Waals surface area (Å²) in [5, 5.41) is 19.6. The Labute approximate surface area is 159 Å². The van der Waals surface area contributed by atoms with Crippen LogP contribution in [0.25, 0.3) is 5.69 Å². The first-order chi connectivity index (χ1) is 13.3. The van der Waals surface area contributed by atoms with E-state index >= 15 is 0 Å². The number of aliphatic imine (C=N–C) groups is 1. The molecule has 3 rings (SSSR count). The molecule has 8 nitrogen and oxygen atoms in total. The van der Waals surface area contributed by atoms with Crippen molar-refractivity contribution in [3.63, 3.8) is 0 Å². The summed E-state index contributed by atoms with van der Waals surface area (Å²) in [6.07, 6.45) is 1.09. The maximum absolute atomic E-state index is 12.2. The summed E-state index contributed by atoms with van der Waals surface area (Å²) in [6, 6.07) is 11.0. The summed E-state index contributed by atoms with van der Waals surface area (Å²) in [7, 11) is 0. The molecule has 0 spiro atoms.